The summed E-state index contributed by atoms with van der Waals surface area (Å²) in [6.45, 7) is 3.91. The molecule has 0 radical (unpaired) electrons. The van der Waals surface area contributed by atoms with Crippen LogP contribution in [0.4, 0.5) is 5.69 Å². The zero-order chi connectivity index (χ0) is 15.8. The number of nitro benzene ring substituents is 1. The molecule has 0 saturated heterocycles. The zero-order valence-corrected chi connectivity index (χ0v) is 12.4. The molecular formula is C15H21NO5. The topological polar surface area (TPSA) is 89.7 Å². The van der Waals surface area contributed by atoms with Gasteiger partial charge in [0.1, 0.15) is 0 Å². The van der Waals surface area contributed by atoms with Crippen molar-refractivity contribution < 1.29 is 19.6 Å². The lowest BCUT2D eigenvalue weighted by molar-refractivity contribution is -0.386. The molecule has 6 nitrogen and oxygen atoms in total. The third-order valence-electron chi connectivity index (χ3n) is 3.18. The number of unbranched alkanes of at least 4 members (excludes halogenated alkanes) is 2. The van der Waals surface area contributed by atoms with Crippen molar-refractivity contribution in [3.8, 4) is 0 Å². The highest BCUT2D eigenvalue weighted by Crippen LogP contribution is 2.29. The maximum absolute atomic E-state index is 11.6. The number of benzene rings is 1. The van der Waals surface area contributed by atoms with Gasteiger partial charge in [-0.2, -0.15) is 0 Å². The summed E-state index contributed by atoms with van der Waals surface area (Å²) in [5.41, 5.74) is 0.113. The van der Waals surface area contributed by atoms with Crippen LogP contribution < -0.4 is 0 Å². The van der Waals surface area contributed by atoms with E-state index in [1.165, 1.54) is 12.1 Å². The summed E-state index contributed by atoms with van der Waals surface area (Å²) in [6, 6.07) is 4.04. The van der Waals surface area contributed by atoms with E-state index in [0.717, 1.165) is 25.3 Å². The Morgan fingerprint density at radius 3 is 2.67 bits per heavy atom. The van der Waals surface area contributed by atoms with Gasteiger partial charge in [0.2, 0.25) is 0 Å². The number of aliphatic hydroxyl groups is 1. The van der Waals surface area contributed by atoms with Crippen LogP contribution in [0.15, 0.2) is 18.2 Å². The monoisotopic (exact) mass is 295 g/mol. The Morgan fingerprint density at radius 2 is 2.10 bits per heavy atom. The molecule has 6 heteroatoms. The molecule has 0 saturated carbocycles. The van der Waals surface area contributed by atoms with Crippen molar-refractivity contribution >= 4 is 11.7 Å². The fourth-order valence-corrected chi connectivity index (χ4v) is 2.07. The lowest BCUT2D eigenvalue weighted by Crippen LogP contribution is -2.08. The lowest BCUT2D eigenvalue weighted by Gasteiger charge is -2.12. The van der Waals surface area contributed by atoms with E-state index in [0.29, 0.717) is 6.42 Å². The van der Waals surface area contributed by atoms with Gasteiger partial charge in [0.15, 0.2) is 0 Å². The van der Waals surface area contributed by atoms with E-state index < -0.39 is 17.0 Å². The van der Waals surface area contributed by atoms with Crippen LogP contribution in [0.2, 0.25) is 0 Å². The number of nitrogens with zero attached hydrogens (tertiary/aromatic N) is 1. The Labute approximate surface area is 123 Å². The molecule has 116 valence electrons. The van der Waals surface area contributed by atoms with Gasteiger partial charge in [0.25, 0.3) is 5.69 Å². The molecule has 1 rings (SSSR count). The number of nitro groups is 1. The number of hydrogen-bond acceptors (Lipinski definition) is 5. The Bertz CT molecular complexity index is 501. The van der Waals surface area contributed by atoms with Gasteiger partial charge < -0.3 is 9.84 Å². The second-order valence-corrected chi connectivity index (χ2v) is 4.76. The minimum Gasteiger partial charge on any atom is -0.462 e. The van der Waals surface area contributed by atoms with Gasteiger partial charge in [-0.1, -0.05) is 26.2 Å². The molecule has 0 spiro atoms. The number of carbonyl (C=O) groups is 1. The molecule has 1 atom stereocenters. The van der Waals surface area contributed by atoms with E-state index in [2.05, 4.69) is 0 Å². The van der Waals surface area contributed by atoms with E-state index in [4.69, 9.17) is 4.74 Å². The summed E-state index contributed by atoms with van der Waals surface area (Å²) >= 11 is 0. The number of hydrogen-bond donors (Lipinski definition) is 1. The molecule has 21 heavy (non-hydrogen) atoms. The molecule has 0 bridgehead atoms. The van der Waals surface area contributed by atoms with Crippen LogP contribution >= 0.6 is 0 Å². The van der Waals surface area contributed by atoms with Crippen LogP contribution in [0.3, 0.4) is 0 Å². The Hall–Kier alpha value is -1.95. The van der Waals surface area contributed by atoms with Crippen LogP contribution in [-0.4, -0.2) is 22.6 Å². The van der Waals surface area contributed by atoms with Gasteiger partial charge in [-0.15, -0.1) is 0 Å². The second-order valence-electron chi connectivity index (χ2n) is 4.76. The summed E-state index contributed by atoms with van der Waals surface area (Å²) in [5, 5.41) is 21.2. The molecule has 1 unspecified atom stereocenters. The average Bonchev–Trinajstić information content (AvgIpc) is 2.47. The van der Waals surface area contributed by atoms with Crippen molar-refractivity contribution in [3.63, 3.8) is 0 Å². The molecule has 0 aliphatic rings. The standard InChI is InChI=1S/C15H21NO5/c1-3-5-6-7-14(17)12-9-8-11(15(18)21-4-2)10-13(12)16(19)20/h8-10,14,17H,3-7H2,1-2H3. The molecule has 0 fully saturated rings. The molecule has 0 heterocycles. The van der Waals surface area contributed by atoms with Crippen LogP contribution in [0.25, 0.3) is 0 Å². The van der Waals surface area contributed by atoms with Crippen molar-refractivity contribution in [2.45, 2.75) is 45.6 Å². The fourth-order valence-electron chi connectivity index (χ4n) is 2.07. The third kappa shape index (κ3) is 4.82. The van der Waals surface area contributed by atoms with E-state index in [1.807, 2.05) is 6.92 Å². The molecule has 0 amide bonds. The first kappa shape index (κ1) is 17.1. The highest BCUT2D eigenvalue weighted by atomic mass is 16.6. The first-order valence-electron chi connectivity index (χ1n) is 7.14. The van der Waals surface area contributed by atoms with Crippen molar-refractivity contribution in [2.75, 3.05) is 6.61 Å². The number of aliphatic hydroxyl groups excluding tert-OH is 1. The van der Waals surface area contributed by atoms with E-state index in [1.54, 1.807) is 6.92 Å². The largest absolute Gasteiger partial charge is 0.462 e. The number of esters is 1. The van der Waals surface area contributed by atoms with Crippen molar-refractivity contribution in [1.29, 1.82) is 0 Å². The minimum atomic E-state index is -0.895. The van der Waals surface area contributed by atoms with Crippen LogP contribution in [-0.2, 0) is 4.74 Å². The summed E-state index contributed by atoms with van der Waals surface area (Å²) in [5.74, 6) is -0.604. The van der Waals surface area contributed by atoms with E-state index in [-0.39, 0.29) is 23.4 Å². The van der Waals surface area contributed by atoms with Crippen molar-refractivity contribution in [1.82, 2.24) is 0 Å². The van der Waals surface area contributed by atoms with Gasteiger partial charge in [0, 0.05) is 6.07 Å². The summed E-state index contributed by atoms with van der Waals surface area (Å²) < 4.78 is 4.82. The zero-order valence-electron chi connectivity index (χ0n) is 12.4. The Kier molecular flexibility index (Phi) is 6.81. The van der Waals surface area contributed by atoms with Gasteiger partial charge in [0.05, 0.1) is 28.8 Å². The smallest absolute Gasteiger partial charge is 0.338 e. The van der Waals surface area contributed by atoms with Crippen LogP contribution in [0, 0.1) is 10.1 Å². The highest BCUT2D eigenvalue weighted by molar-refractivity contribution is 5.90. The minimum absolute atomic E-state index is 0.119. The van der Waals surface area contributed by atoms with Crippen LogP contribution in [0.5, 0.6) is 0 Å². The first-order chi connectivity index (χ1) is 10.0. The molecular weight excluding hydrogens is 274 g/mol. The number of rotatable bonds is 8. The summed E-state index contributed by atoms with van der Waals surface area (Å²) in [6.07, 6.45) is 2.35. The third-order valence-corrected chi connectivity index (χ3v) is 3.18. The number of carbonyl (C=O) groups excluding carboxylic acids is 1. The predicted molar refractivity (Wildman–Crippen MR) is 78.2 cm³/mol. The van der Waals surface area contributed by atoms with Crippen molar-refractivity contribution in [3.05, 3.63) is 39.4 Å². The predicted octanol–water partition coefficient (Wildman–Crippen LogP) is 3.39. The second kappa shape index (κ2) is 8.36. The van der Waals surface area contributed by atoms with Gasteiger partial charge in [-0.05, 0) is 25.5 Å². The van der Waals surface area contributed by atoms with Gasteiger partial charge in [-0.3, -0.25) is 10.1 Å². The molecule has 1 aromatic carbocycles. The molecule has 0 aliphatic carbocycles. The average molecular weight is 295 g/mol. The molecule has 1 N–H and O–H groups in total. The highest BCUT2D eigenvalue weighted by Gasteiger charge is 2.22. The Balaban J connectivity index is 2.99. The maximum Gasteiger partial charge on any atom is 0.338 e. The lowest BCUT2D eigenvalue weighted by atomic mass is 10.00. The van der Waals surface area contributed by atoms with Gasteiger partial charge in [-0.25, -0.2) is 4.79 Å². The van der Waals surface area contributed by atoms with Crippen molar-refractivity contribution in [2.24, 2.45) is 0 Å². The van der Waals surface area contributed by atoms with Gasteiger partial charge >= 0.3 is 5.97 Å². The summed E-state index contributed by atoms with van der Waals surface area (Å²) in [7, 11) is 0. The molecule has 1 aromatic rings. The Morgan fingerprint density at radius 1 is 1.38 bits per heavy atom. The van der Waals surface area contributed by atoms with Crippen LogP contribution in [0.1, 0.15) is 61.6 Å². The molecule has 0 aliphatic heterocycles. The molecule has 0 aromatic heterocycles. The quantitative estimate of drug-likeness (QED) is 0.343. The van der Waals surface area contributed by atoms with E-state index >= 15 is 0 Å². The maximum atomic E-state index is 11.6. The fraction of sp³-hybridized carbons (Fsp3) is 0.533. The summed E-state index contributed by atoms with van der Waals surface area (Å²) in [4.78, 5) is 22.2. The van der Waals surface area contributed by atoms with E-state index in [9.17, 15) is 20.0 Å². The SMILES string of the molecule is CCCCCC(O)c1ccc(C(=O)OCC)cc1[N+](=O)[O-]. The normalized spacial score (nSPS) is 12.0. The number of ether oxygens (including phenoxy) is 1. The first-order valence-corrected chi connectivity index (χ1v) is 7.14.